The number of carbonyl (C=O) groups is 2. The first-order chi connectivity index (χ1) is 7.10. The minimum Gasteiger partial charge on any atom is -0.481 e. The van der Waals surface area contributed by atoms with Crippen molar-refractivity contribution < 1.29 is 14.7 Å². The van der Waals surface area contributed by atoms with Crippen LogP contribution in [0.5, 0.6) is 0 Å². The van der Waals surface area contributed by atoms with Gasteiger partial charge in [-0.25, -0.2) is 0 Å². The number of hydrogen-bond acceptors (Lipinski definition) is 3. The summed E-state index contributed by atoms with van der Waals surface area (Å²) in [4.78, 5) is 21.2. The van der Waals surface area contributed by atoms with E-state index < -0.39 is 5.97 Å². The van der Waals surface area contributed by atoms with Crippen molar-refractivity contribution in [3.63, 3.8) is 0 Å². The largest absolute Gasteiger partial charge is 0.481 e. The lowest BCUT2D eigenvalue weighted by Crippen LogP contribution is -2.05. The summed E-state index contributed by atoms with van der Waals surface area (Å²) in [5.41, 5.74) is 0.927. The van der Waals surface area contributed by atoms with Gasteiger partial charge in [-0.1, -0.05) is 6.07 Å². The van der Waals surface area contributed by atoms with Crippen LogP contribution in [0.2, 0.25) is 0 Å². The number of carboxylic acids is 1. The average molecular weight is 268 g/mol. The number of aliphatic carboxylic acids is 1. The van der Waals surface area contributed by atoms with E-state index in [1.807, 2.05) is 6.07 Å². The van der Waals surface area contributed by atoms with Gasteiger partial charge in [0, 0.05) is 10.0 Å². The van der Waals surface area contributed by atoms with Crippen molar-refractivity contribution >= 4 is 28.2 Å². The highest BCUT2D eigenvalue weighted by molar-refractivity contribution is 9.10. The van der Waals surface area contributed by atoms with E-state index in [1.54, 1.807) is 0 Å². The second-order valence-corrected chi connectivity index (χ2v) is 3.59. The van der Waals surface area contributed by atoms with E-state index in [4.69, 9.17) is 10.4 Å². The van der Waals surface area contributed by atoms with Gasteiger partial charge in [-0.2, -0.15) is 5.26 Å². The van der Waals surface area contributed by atoms with Crippen LogP contribution >= 0.6 is 15.9 Å². The fourth-order valence-corrected chi connectivity index (χ4v) is 1.75. The monoisotopic (exact) mass is 267 g/mol. The summed E-state index contributed by atoms with van der Waals surface area (Å²) in [6.07, 6.45) is 0.286. The number of carboxylic acid groups (broad SMARTS) is 1. The van der Waals surface area contributed by atoms with Crippen LogP contribution in [0.25, 0.3) is 0 Å². The standard InChI is InChI=1S/C10H6BrNO3/c11-10-6(4-12)1-2-7(5-13)8(10)3-9(14)15/h1-2,5H,3H2,(H,14,15). The highest BCUT2D eigenvalue weighted by Crippen LogP contribution is 2.24. The van der Waals surface area contributed by atoms with Crippen molar-refractivity contribution in [2.75, 3.05) is 0 Å². The van der Waals surface area contributed by atoms with Crippen LogP contribution in [-0.4, -0.2) is 17.4 Å². The molecule has 0 aliphatic rings. The van der Waals surface area contributed by atoms with Gasteiger partial charge in [-0.15, -0.1) is 0 Å². The Labute approximate surface area is 94.3 Å². The van der Waals surface area contributed by atoms with Gasteiger partial charge in [0.25, 0.3) is 0 Å². The van der Waals surface area contributed by atoms with Crippen LogP contribution in [0.1, 0.15) is 21.5 Å². The summed E-state index contributed by atoms with van der Waals surface area (Å²) in [5.74, 6) is -1.05. The molecule has 0 saturated carbocycles. The van der Waals surface area contributed by atoms with Crippen LogP contribution < -0.4 is 0 Å². The molecule has 0 bridgehead atoms. The number of carbonyl (C=O) groups excluding carboxylic acids is 1. The molecule has 0 aliphatic carbocycles. The molecule has 1 N–H and O–H groups in total. The molecule has 1 aromatic rings. The van der Waals surface area contributed by atoms with Crippen LogP contribution in [0.4, 0.5) is 0 Å². The van der Waals surface area contributed by atoms with E-state index in [1.165, 1.54) is 12.1 Å². The molecule has 0 radical (unpaired) electrons. The Balaban J connectivity index is 3.36. The van der Waals surface area contributed by atoms with Crippen LogP contribution in [0.15, 0.2) is 16.6 Å². The fraction of sp³-hybridized carbons (Fsp3) is 0.100. The van der Waals surface area contributed by atoms with Crippen LogP contribution in [0.3, 0.4) is 0 Å². The first-order valence-corrected chi connectivity index (χ1v) is 4.78. The van der Waals surface area contributed by atoms with E-state index in [0.717, 1.165) is 0 Å². The van der Waals surface area contributed by atoms with Crippen LogP contribution in [-0.2, 0) is 11.2 Å². The first kappa shape index (κ1) is 11.4. The van der Waals surface area contributed by atoms with Crippen molar-refractivity contribution in [1.82, 2.24) is 0 Å². The summed E-state index contributed by atoms with van der Waals surface area (Å²) in [5, 5.41) is 17.4. The molecule has 0 unspecified atom stereocenters. The van der Waals surface area contributed by atoms with Gasteiger partial charge in [0.2, 0.25) is 0 Å². The Morgan fingerprint density at radius 1 is 1.60 bits per heavy atom. The van der Waals surface area contributed by atoms with E-state index >= 15 is 0 Å². The first-order valence-electron chi connectivity index (χ1n) is 3.98. The Bertz CT molecular complexity index is 462. The summed E-state index contributed by atoms with van der Waals surface area (Å²) >= 11 is 3.12. The molecule has 4 nitrogen and oxygen atoms in total. The second kappa shape index (κ2) is 4.71. The van der Waals surface area contributed by atoms with E-state index in [-0.39, 0.29) is 12.0 Å². The molecule has 0 fully saturated rings. The maximum Gasteiger partial charge on any atom is 0.307 e. The van der Waals surface area contributed by atoms with Crippen LogP contribution in [0, 0.1) is 11.3 Å². The molecule has 0 saturated heterocycles. The predicted octanol–water partition coefficient (Wildman–Crippen LogP) is 1.76. The SMILES string of the molecule is N#Cc1ccc(C=O)c(CC(=O)O)c1Br. The lowest BCUT2D eigenvalue weighted by atomic mass is 10.0. The molecule has 0 amide bonds. The quantitative estimate of drug-likeness (QED) is 0.847. The lowest BCUT2D eigenvalue weighted by Gasteiger charge is -2.06. The Hall–Kier alpha value is -1.67. The number of aldehydes is 1. The molecule has 15 heavy (non-hydrogen) atoms. The molecule has 0 spiro atoms. The lowest BCUT2D eigenvalue weighted by molar-refractivity contribution is -0.136. The van der Waals surface area contributed by atoms with Gasteiger partial charge < -0.3 is 5.11 Å². The molecule has 1 rings (SSSR count). The topological polar surface area (TPSA) is 78.2 Å². The number of rotatable bonds is 3. The molecule has 0 aromatic heterocycles. The Morgan fingerprint density at radius 2 is 2.27 bits per heavy atom. The maximum atomic E-state index is 10.7. The van der Waals surface area contributed by atoms with Gasteiger partial charge in [0.05, 0.1) is 12.0 Å². The van der Waals surface area contributed by atoms with Gasteiger partial charge in [-0.3, -0.25) is 9.59 Å². The number of hydrogen-bond donors (Lipinski definition) is 1. The molecule has 76 valence electrons. The fourth-order valence-electron chi connectivity index (χ4n) is 1.16. The predicted molar refractivity (Wildman–Crippen MR) is 55.6 cm³/mol. The van der Waals surface area contributed by atoms with Crippen molar-refractivity contribution in [2.45, 2.75) is 6.42 Å². The zero-order chi connectivity index (χ0) is 11.4. The number of nitrogens with zero attached hydrogens (tertiary/aromatic N) is 1. The minimum absolute atomic E-state index is 0.281. The second-order valence-electron chi connectivity index (χ2n) is 2.80. The third-order valence-corrected chi connectivity index (χ3v) is 2.76. The Kier molecular flexibility index (Phi) is 3.58. The van der Waals surface area contributed by atoms with E-state index in [9.17, 15) is 9.59 Å². The molecule has 0 heterocycles. The third-order valence-electron chi connectivity index (χ3n) is 1.85. The molecule has 0 atom stereocenters. The van der Waals surface area contributed by atoms with E-state index in [0.29, 0.717) is 21.9 Å². The zero-order valence-electron chi connectivity index (χ0n) is 7.53. The van der Waals surface area contributed by atoms with Gasteiger partial charge >= 0.3 is 5.97 Å². The van der Waals surface area contributed by atoms with Crippen molar-refractivity contribution in [2.24, 2.45) is 0 Å². The van der Waals surface area contributed by atoms with Gasteiger partial charge in [0.15, 0.2) is 0 Å². The zero-order valence-corrected chi connectivity index (χ0v) is 9.11. The van der Waals surface area contributed by atoms with Gasteiger partial charge in [0.1, 0.15) is 12.4 Å². The normalized spacial score (nSPS) is 9.33. The summed E-state index contributed by atoms with van der Waals surface area (Å²) in [6.45, 7) is 0. The van der Waals surface area contributed by atoms with Crippen molar-refractivity contribution in [1.29, 1.82) is 5.26 Å². The van der Waals surface area contributed by atoms with E-state index in [2.05, 4.69) is 15.9 Å². The van der Waals surface area contributed by atoms with Crippen molar-refractivity contribution in [3.8, 4) is 6.07 Å². The smallest absolute Gasteiger partial charge is 0.307 e. The number of halogens is 1. The highest BCUT2D eigenvalue weighted by atomic mass is 79.9. The molecular weight excluding hydrogens is 262 g/mol. The third kappa shape index (κ3) is 2.42. The summed E-state index contributed by atoms with van der Waals surface area (Å²) in [6, 6.07) is 4.81. The average Bonchev–Trinajstić information content (AvgIpc) is 2.20. The van der Waals surface area contributed by atoms with Gasteiger partial charge in [-0.05, 0) is 27.6 Å². The summed E-state index contributed by atoms with van der Waals surface area (Å²) in [7, 11) is 0. The Morgan fingerprint density at radius 3 is 2.73 bits per heavy atom. The maximum absolute atomic E-state index is 10.7. The molecule has 0 aliphatic heterocycles. The number of benzene rings is 1. The summed E-state index contributed by atoms with van der Waals surface area (Å²) < 4.78 is 0.372. The molecular formula is C10H6BrNO3. The number of nitriles is 1. The highest BCUT2D eigenvalue weighted by Gasteiger charge is 2.13. The minimum atomic E-state index is -1.05. The molecule has 1 aromatic carbocycles. The van der Waals surface area contributed by atoms with Crippen molar-refractivity contribution in [3.05, 3.63) is 33.3 Å². The molecule has 5 heteroatoms.